The Balaban J connectivity index is 2.13. The highest BCUT2D eigenvalue weighted by Gasteiger charge is 2.28. The van der Waals surface area contributed by atoms with E-state index in [9.17, 15) is 4.79 Å². The van der Waals surface area contributed by atoms with Gasteiger partial charge in [0.1, 0.15) is 6.10 Å². The van der Waals surface area contributed by atoms with Crippen molar-refractivity contribution >= 4 is 27.7 Å². The number of benzene rings is 1. The molecule has 4 nitrogen and oxygen atoms in total. The second kappa shape index (κ2) is 5.71. The fourth-order valence-corrected chi connectivity index (χ4v) is 2.63. The van der Waals surface area contributed by atoms with E-state index in [1.807, 2.05) is 25.1 Å². The zero-order valence-electron chi connectivity index (χ0n) is 10.4. The lowest BCUT2D eigenvalue weighted by Crippen LogP contribution is -2.43. The third-order valence-corrected chi connectivity index (χ3v) is 3.59. The Morgan fingerprint density at radius 3 is 2.94 bits per heavy atom. The first kappa shape index (κ1) is 13.4. The van der Waals surface area contributed by atoms with Gasteiger partial charge in [-0.15, -0.1) is 0 Å². The quantitative estimate of drug-likeness (QED) is 0.933. The first-order valence-electron chi connectivity index (χ1n) is 6.06. The van der Waals surface area contributed by atoms with Gasteiger partial charge in [-0.1, -0.05) is 15.9 Å². The number of nitrogens with zero attached hydrogens (tertiary/aromatic N) is 1. The second-order valence-electron chi connectivity index (χ2n) is 4.45. The summed E-state index contributed by atoms with van der Waals surface area (Å²) in [6.07, 6.45) is 1.26. The molecule has 1 heterocycles. The van der Waals surface area contributed by atoms with Gasteiger partial charge < -0.3 is 10.5 Å². The van der Waals surface area contributed by atoms with Gasteiger partial charge in [-0.05, 0) is 43.7 Å². The molecule has 18 heavy (non-hydrogen) atoms. The van der Waals surface area contributed by atoms with Crippen LogP contribution in [0, 0.1) is 6.92 Å². The molecule has 1 aliphatic rings. The maximum Gasteiger partial charge on any atom is 0.414 e. The Labute approximate surface area is 115 Å². The van der Waals surface area contributed by atoms with E-state index in [0.717, 1.165) is 28.6 Å². The first-order valence-corrected chi connectivity index (χ1v) is 6.85. The molecule has 1 aromatic carbocycles. The highest BCUT2D eigenvalue weighted by molar-refractivity contribution is 9.10. The van der Waals surface area contributed by atoms with Crippen LogP contribution < -0.4 is 10.6 Å². The van der Waals surface area contributed by atoms with Crippen LogP contribution in [-0.2, 0) is 4.74 Å². The third-order valence-electron chi connectivity index (χ3n) is 3.10. The van der Waals surface area contributed by atoms with Gasteiger partial charge in [0.2, 0.25) is 0 Å². The van der Waals surface area contributed by atoms with E-state index in [-0.39, 0.29) is 12.2 Å². The number of aryl methyl sites for hydroxylation is 1. The summed E-state index contributed by atoms with van der Waals surface area (Å²) in [5, 5.41) is 0. The van der Waals surface area contributed by atoms with Crippen molar-refractivity contribution in [2.75, 3.05) is 18.0 Å². The summed E-state index contributed by atoms with van der Waals surface area (Å²) in [6, 6.07) is 5.86. The van der Waals surface area contributed by atoms with E-state index in [0.29, 0.717) is 13.1 Å². The van der Waals surface area contributed by atoms with Crippen molar-refractivity contribution in [3.05, 3.63) is 28.2 Å². The molecule has 0 spiro atoms. The molecule has 0 bridgehead atoms. The van der Waals surface area contributed by atoms with Gasteiger partial charge in [0.25, 0.3) is 0 Å². The molecule has 2 N–H and O–H groups in total. The van der Waals surface area contributed by atoms with E-state index in [2.05, 4.69) is 15.9 Å². The van der Waals surface area contributed by atoms with Crippen LogP contribution in [0.25, 0.3) is 0 Å². The monoisotopic (exact) mass is 312 g/mol. The van der Waals surface area contributed by atoms with Gasteiger partial charge in [0, 0.05) is 17.4 Å². The number of rotatable bonds is 3. The molecule has 1 aromatic rings. The number of anilines is 1. The Kier molecular flexibility index (Phi) is 4.24. The topological polar surface area (TPSA) is 55.6 Å². The molecule has 1 fully saturated rings. The summed E-state index contributed by atoms with van der Waals surface area (Å²) < 4.78 is 6.38. The smallest absolute Gasteiger partial charge is 0.414 e. The lowest BCUT2D eigenvalue weighted by molar-refractivity contribution is 0.0806. The lowest BCUT2D eigenvalue weighted by Gasteiger charge is -2.32. The van der Waals surface area contributed by atoms with Gasteiger partial charge in [-0.2, -0.15) is 0 Å². The van der Waals surface area contributed by atoms with Crippen molar-refractivity contribution in [3.8, 4) is 0 Å². The van der Waals surface area contributed by atoms with Crippen molar-refractivity contribution in [2.24, 2.45) is 5.73 Å². The van der Waals surface area contributed by atoms with Gasteiger partial charge in [-0.3, -0.25) is 4.90 Å². The number of halogens is 1. The van der Waals surface area contributed by atoms with Crippen molar-refractivity contribution in [1.29, 1.82) is 0 Å². The molecule has 0 saturated carbocycles. The van der Waals surface area contributed by atoms with Crippen molar-refractivity contribution in [2.45, 2.75) is 25.9 Å². The minimum atomic E-state index is -0.273. The number of amides is 1. The number of carbonyl (C=O) groups excluding carboxylic acids is 1. The summed E-state index contributed by atoms with van der Waals surface area (Å²) in [5.74, 6) is 0. The van der Waals surface area contributed by atoms with Gasteiger partial charge in [-0.25, -0.2) is 4.79 Å². The van der Waals surface area contributed by atoms with Crippen LogP contribution in [0.1, 0.15) is 18.4 Å². The van der Waals surface area contributed by atoms with E-state index in [4.69, 9.17) is 10.5 Å². The predicted molar refractivity (Wildman–Crippen MR) is 74.8 cm³/mol. The summed E-state index contributed by atoms with van der Waals surface area (Å²) in [7, 11) is 0. The minimum Gasteiger partial charge on any atom is -0.446 e. The lowest BCUT2D eigenvalue weighted by atomic mass is 10.1. The molecule has 0 aliphatic carbocycles. The Bertz CT molecular complexity index is 451. The first-order chi connectivity index (χ1) is 8.61. The Morgan fingerprint density at radius 2 is 2.33 bits per heavy atom. The fourth-order valence-electron chi connectivity index (χ4n) is 2.16. The molecule has 0 radical (unpaired) electrons. The maximum atomic E-state index is 12.0. The summed E-state index contributed by atoms with van der Waals surface area (Å²) in [6.45, 7) is 3.22. The Morgan fingerprint density at radius 1 is 1.56 bits per heavy atom. The molecular weight excluding hydrogens is 296 g/mol. The van der Waals surface area contributed by atoms with Crippen LogP contribution in [0.15, 0.2) is 22.7 Å². The van der Waals surface area contributed by atoms with Crippen molar-refractivity contribution in [3.63, 3.8) is 0 Å². The molecule has 1 saturated heterocycles. The average Bonchev–Trinajstić information content (AvgIpc) is 2.31. The predicted octanol–water partition coefficient (Wildman–Crippen LogP) is 2.82. The molecule has 98 valence electrons. The zero-order chi connectivity index (χ0) is 13.1. The molecule has 5 heteroatoms. The second-order valence-corrected chi connectivity index (χ2v) is 5.37. The minimum absolute atomic E-state index is 0.0329. The average molecular weight is 313 g/mol. The molecule has 2 rings (SSSR count). The van der Waals surface area contributed by atoms with Gasteiger partial charge in [0.05, 0.1) is 5.69 Å². The summed E-state index contributed by atoms with van der Waals surface area (Å²) in [5.41, 5.74) is 7.45. The van der Waals surface area contributed by atoms with Crippen LogP contribution in [0.5, 0.6) is 0 Å². The van der Waals surface area contributed by atoms with Crippen LogP contribution in [0.3, 0.4) is 0 Å². The number of ether oxygens (including phenoxy) is 1. The van der Waals surface area contributed by atoms with Crippen molar-refractivity contribution < 1.29 is 9.53 Å². The highest BCUT2D eigenvalue weighted by atomic mass is 79.9. The van der Waals surface area contributed by atoms with Crippen LogP contribution in [-0.4, -0.2) is 25.3 Å². The normalized spacial score (nSPS) is 19.8. The molecular formula is C13H17BrN2O2. The van der Waals surface area contributed by atoms with E-state index >= 15 is 0 Å². The maximum absolute atomic E-state index is 12.0. The fraction of sp³-hybridized carbons (Fsp3) is 0.462. The SMILES string of the molecule is Cc1cc(Br)ccc1N1CCC(CCN)OC1=O. The summed E-state index contributed by atoms with van der Waals surface area (Å²) in [4.78, 5) is 13.7. The van der Waals surface area contributed by atoms with Gasteiger partial charge >= 0.3 is 6.09 Å². The zero-order valence-corrected chi connectivity index (χ0v) is 11.9. The number of carbonyl (C=O) groups is 1. The van der Waals surface area contributed by atoms with Crippen LogP contribution in [0.4, 0.5) is 10.5 Å². The molecule has 1 unspecified atom stereocenters. The van der Waals surface area contributed by atoms with E-state index in [1.165, 1.54) is 0 Å². The van der Waals surface area contributed by atoms with Gasteiger partial charge in [0.15, 0.2) is 0 Å². The largest absolute Gasteiger partial charge is 0.446 e. The number of hydrogen-bond acceptors (Lipinski definition) is 3. The number of cyclic esters (lactones) is 1. The number of nitrogens with two attached hydrogens (primary N) is 1. The number of hydrogen-bond donors (Lipinski definition) is 1. The van der Waals surface area contributed by atoms with E-state index < -0.39 is 0 Å². The Hall–Kier alpha value is -1.07. The van der Waals surface area contributed by atoms with Crippen LogP contribution in [0.2, 0.25) is 0 Å². The standard InChI is InChI=1S/C13H17BrN2O2/c1-9-8-10(14)2-3-12(9)16-7-5-11(4-6-15)18-13(16)17/h2-3,8,11H,4-7,15H2,1H3. The highest BCUT2D eigenvalue weighted by Crippen LogP contribution is 2.27. The third kappa shape index (κ3) is 2.84. The van der Waals surface area contributed by atoms with E-state index in [1.54, 1.807) is 4.90 Å². The molecule has 1 amide bonds. The molecule has 0 aromatic heterocycles. The molecule has 1 atom stereocenters. The summed E-state index contributed by atoms with van der Waals surface area (Å²) >= 11 is 3.42. The van der Waals surface area contributed by atoms with Crippen molar-refractivity contribution in [1.82, 2.24) is 0 Å². The van der Waals surface area contributed by atoms with Crippen LogP contribution >= 0.6 is 15.9 Å². The molecule has 1 aliphatic heterocycles.